The van der Waals surface area contributed by atoms with Gasteiger partial charge in [0.05, 0.1) is 7.11 Å². The first-order chi connectivity index (χ1) is 10.6. The average Bonchev–Trinajstić information content (AvgIpc) is 2.54. The summed E-state index contributed by atoms with van der Waals surface area (Å²) in [6.07, 6.45) is 1.52. The molecule has 2 amide bonds. The molecule has 1 aromatic carbocycles. The van der Waals surface area contributed by atoms with Crippen LogP contribution in [0.4, 0.5) is 0 Å². The van der Waals surface area contributed by atoms with Crippen LogP contribution in [0.1, 0.15) is 18.4 Å². The number of carbonyl (C=O) groups is 2. The zero-order valence-electron chi connectivity index (χ0n) is 12.6. The van der Waals surface area contributed by atoms with E-state index in [4.69, 9.17) is 9.47 Å². The van der Waals surface area contributed by atoms with Crippen molar-refractivity contribution in [3.05, 3.63) is 29.8 Å². The Hall–Kier alpha value is -2.08. The normalized spacial score (nSPS) is 23.8. The van der Waals surface area contributed by atoms with E-state index in [1.807, 2.05) is 24.3 Å². The first-order valence-corrected chi connectivity index (χ1v) is 7.47. The largest absolute Gasteiger partial charge is 0.497 e. The van der Waals surface area contributed by atoms with Gasteiger partial charge >= 0.3 is 0 Å². The van der Waals surface area contributed by atoms with E-state index < -0.39 is 11.6 Å². The number of ether oxygens (including phenoxy) is 2. The predicted molar refractivity (Wildman–Crippen MR) is 79.6 cm³/mol. The number of hydrogen-bond donors (Lipinski definition) is 2. The van der Waals surface area contributed by atoms with Crippen LogP contribution in [0.5, 0.6) is 5.75 Å². The molecule has 1 spiro atoms. The average molecular weight is 304 g/mol. The Bertz CT molecular complexity index is 564. The third-order valence-electron chi connectivity index (χ3n) is 4.36. The summed E-state index contributed by atoms with van der Waals surface area (Å²) in [6, 6.07) is 6.96. The summed E-state index contributed by atoms with van der Waals surface area (Å²) in [7, 11) is 1.61. The van der Waals surface area contributed by atoms with Crippen LogP contribution in [-0.2, 0) is 20.7 Å². The lowest BCUT2D eigenvalue weighted by atomic mass is 9.85. The lowest BCUT2D eigenvalue weighted by Crippen LogP contribution is -2.71. The van der Waals surface area contributed by atoms with E-state index >= 15 is 0 Å². The second kappa shape index (κ2) is 5.96. The van der Waals surface area contributed by atoms with Crippen LogP contribution in [0.25, 0.3) is 0 Å². The molecule has 22 heavy (non-hydrogen) atoms. The summed E-state index contributed by atoms with van der Waals surface area (Å²) in [4.78, 5) is 24.8. The maximum Gasteiger partial charge on any atom is 0.246 e. The molecule has 0 radical (unpaired) electrons. The van der Waals surface area contributed by atoms with Crippen molar-refractivity contribution in [1.82, 2.24) is 10.6 Å². The first-order valence-electron chi connectivity index (χ1n) is 7.47. The lowest BCUT2D eigenvalue weighted by Gasteiger charge is -2.42. The molecule has 6 nitrogen and oxygen atoms in total. The van der Waals surface area contributed by atoms with E-state index in [0.717, 1.165) is 11.3 Å². The van der Waals surface area contributed by atoms with Crippen molar-refractivity contribution in [3.8, 4) is 5.75 Å². The summed E-state index contributed by atoms with van der Waals surface area (Å²) < 4.78 is 10.4. The van der Waals surface area contributed by atoms with Gasteiger partial charge in [-0.25, -0.2) is 0 Å². The van der Waals surface area contributed by atoms with Gasteiger partial charge in [-0.1, -0.05) is 12.1 Å². The number of rotatable bonds is 3. The molecule has 0 unspecified atom stereocenters. The van der Waals surface area contributed by atoms with Crippen LogP contribution in [0, 0.1) is 0 Å². The number of piperazine rings is 1. The second-order valence-electron chi connectivity index (χ2n) is 5.76. The quantitative estimate of drug-likeness (QED) is 0.847. The summed E-state index contributed by atoms with van der Waals surface area (Å²) in [5, 5.41) is 5.78. The van der Waals surface area contributed by atoms with Gasteiger partial charge in [-0.3, -0.25) is 9.59 Å². The fourth-order valence-corrected chi connectivity index (χ4v) is 2.95. The maximum atomic E-state index is 12.4. The van der Waals surface area contributed by atoms with Gasteiger partial charge in [-0.05, 0) is 17.7 Å². The van der Waals surface area contributed by atoms with Crippen LogP contribution in [0.2, 0.25) is 0 Å². The van der Waals surface area contributed by atoms with Gasteiger partial charge in [-0.15, -0.1) is 0 Å². The molecule has 1 atom stereocenters. The van der Waals surface area contributed by atoms with Crippen molar-refractivity contribution in [3.63, 3.8) is 0 Å². The summed E-state index contributed by atoms with van der Waals surface area (Å²) in [5.41, 5.74) is 0.190. The lowest BCUT2D eigenvalue weighted by molar-refractivity contribution is -0.145. The number of hydrogen-bond acceptors (Lipinski definition) is 4. The second-order valence-corrected chi connectivity index (χ2v) is 5.76. The Kier molecular flexibility index (Phi) is 4.02. The molecule has 1 aromatic rings. The van der Waals surface area contributed by atoms with Gasteiger partial charge < -0.3 is 20.1 Å². The zero-order valence-corrected chi connectivity index (χ0v) is 12.6. The minimum absolute atomic E-state index is 0.103. The molecule has 0 aliphatic carbocycles. The highest BCUT2D eigenvalue weighted by Crippen LogP contribution is 2.24. The smallest absolute Gasteiger partial charge is 0.246 e. The summed E-state index contributed by atoms with van der Waals surface area (Å²) >= 11 is 0. The molecule has 2 aliphatic heterocycles. The topological polar surface area (TPSA) is 76.7 Å². The molecular formula is C16H20N2O4. The highest BCUT2D eigenvalue weighted by Gasteiger charge is 2.47. The molecule has 118 valence electrons. The van der Waals surface area contributed by atoms with Crippen molar-refractivity contribution in [2.24, 2.45) is 0 Å². The first kappa shape index (κ1) is 14.8. The number of amides is 2. The Morgan fingerprint density at radius 3 is 2.55 bits per heavy atom. The maximum absolute atomic E-state index is 12.4. The van der Waals surface area contributed by atoms with Gasteiger partial charge in [0, 0.05) is 32.5 Å². The molecule has 2 heterocycles. The van der Waals surface area contributed by atoms with E-state index in [0.29, 0.717) is 32.5 Å². The fourth-order valence-electron chi connectivity index (χ4n) is 2.95. The van der Waals surface area contributed by atoms with Crippen LogP contribution < -0.4 is 15.4 Å². The van der Waals surface area contributed by atoms with Gasteiger partial charge in [0.2, 0.25) is 11.8 Å². The van der Waals surface area contributed by atoms with E-state index in [2.05, 4.69) is 10.6 Å². The molecular weight excluding hydrogens is 284 g/mol. The minimum Gasteiger partial charge on any atom is -0.497 e. The van der Waals surface area contributed by atoms with Crippen LogP contribution in [0.3, 0.4) is 0 Å². The highest BCUT2D eigenvalue weighted by atomic mass is 16.5. The molecule has 3 rings (SSSR count). The van der Waals surface area contributed by atoms with E-state index in [1.54, 1.807) is 7.11 Å². The van der Waals surface area contributed by atoms with Crippen molar-refractivity contribution < 1.29 is 19.1 Å². The number of nitrogens with one attached hydrogen (secondary N) is 2. The molecule has 6 heteroatoms. The molecule has 0 bridgehead atoms. The Balaban J connectivity index is 1.68. The standard InChI is InChI=1S/C16H20N2O4/c1-21-12-4-2-11(3-5-12)10-13-14(19)18-16(15(20)17-13)6-8-22-9-7-16/h2-5,13H,6-10H2,1H3,(H,17,20)(H,18,19)/t13-/m0/s1. The van der Waals surface area contributed by atoms with E-state index in [1.165, 1.54) is 0 Å². The van der Waals surface area contributed by atoms with Gasteiger partial charge in [0.25, 0.3) is 0 Å². The van der Waals surface area contributed by atoms with E-state index in [9.17, 15) is 9.59 Å². The molecule has 2 saturated heterocycles. The molecule has 0 aromatic heterocycles. The Morgan fingerprint density at radius 1 is 1.23 bits per heavy atom. The molecule has 2 aliphatic rings. The SMILES string of the molecule is COc1ccc(C[C@@H]2NC(=O)C3(CCOCC3)NC2=O)cc1. The highest BCUT2D eigenvalue weighted by molar-refractivity contribution is 6.00. The monoisotopic (exact) mass is 304 g/mol. The van der Waals surface area contributed by atoms with Crippen molar-refractivity contribution in [2.45, 2.75) is 30.8 Å². The van der Waals surface area contributed by atoms with Gasteiger partial charge in [0.15, 0.2) is 0 Å². The van der Waals surface area contributed by atoms with E-state index in [-0.39, 0.29) is 11.8 Å². The minimum atomic E-state index is -0.786. The Morgan fingerprint density at radius 2 is 1.91 bits per heavy atom. The number of benzene rings is 1. The van der Waals surface area contributed by atoms with Gasteiger partial charge in [-0.2, -0.15) is 0 Å². The van der Waals surface area contributed by atoms with Crippen LogP contribution in [0.15, 0.2) is 24.3 Å². The van der Waals surface area contributed by atoms with Crippen molar-refractivity contribution in [1.29, 1.82) is 0 Å². The molecule has 2 N–H and O–H groups in total. The van der Waals surface area contributed by atoms with Crippen molar-refractivity contribution in [2.75, 3.05) is 20.3 Å². The fraction of sp³-hybridized carbons (Fsp3) is 0.500. The van der Waals surface area contributed by atoms with Crippen LogP contribution >= 0.6 is 0 Å². The third kappa shape index (κ3) is 2.78. The molecule has 2 fully saturated rings. The Labute approximate surface area is 129 Å². The zero-order chi connectivity index (χ0) is 15.6. The van der Waals surface area contributed by atoms with Crippen LogP contribution in [-0.4, -0.2) is 43.7 Å². The number of methoxy groups -OCH3 is 1. The predicted octanol–water partition coefficient (Wildman–Crippen LogP) is 0.401. The van der Waals surface area contributed by atoms with Gasteiger partial charge in [0.1, 0.15) is 17.3 Å². The molecule has 0 saturated carbocycles. The summed E-state index contributed by atoms with van der Waals surface area (Å²) in [5.74, 6) is 0.535. The van der Waals surface area contributed by atoms with Crippen molar-refractivity contribution >= 4 is 11.8 Å². The third-order valence-corrected chi connectivity index (χ3v) is 4.36. The number of carbonyl (C=O) groups excluding carboxylic acids is 2. The summed E-state index contributed by atoms with van der Waals surface area (Å²) in [6.45, 7) is 0.994.